The minimum absolute atomic E-state index is 0.161. The summed E-state index contributed by atoms with van der Waals surface area (Å²) in [6, 6.07) is 20.8. The summed E-state index contributed by atoms with van der Waals surface area (Å²) in [6.07, 6.45) is -1.74. The van der Waals surface area contributed by atoms with Crippen molar-refractivity contribution in [3.63, 3.8) is 0 Å². The van der Waals surface area contributed by atoms with E-state index in [1.807, 2.05) is 19.1 Å². The Balaban J connectivity index is 1.99. The monoisotopic (exact) mass is 486 g/mol. The maximum Gasteiger partial charge on any atom is 0.307 e. The van der Waals surface area contributed by atoms with Crippen LogP contribution in [0.5, 0.6) is 0 Å². The van der Waals surface area contributed by atoms with Crippen LogP contribution in [0, 0.1) is 6.92 Å². The number of hydrogen-bond donors (Lipinski definition) is 0. The van der Waals surface area contributed by atoms with Gasteiger partial charge in [-0.05, 0) is 63.6 Å². The Morgan fingerprint density at radius 2 is 1.61 bits per heavy atom. The molecule has 0 spiro atoms. The lowest BCUT2D eigenvalue weighted by Crippen LogP contribution is -2.26. The highest BCUT2D eigenvalue weighted by Crippen LogP contribution is 2.40. The predicted octanol–water partition coefficient (Wildman–Crippen LogP) is 7.34. The number of halogens is 2. The molecule has 3 aromatic carbocycles. The molecule has 0 bridgehead atoms. The minimum Gasteiger partial charge on any atom is -0.460 e. The third kappa shape index (κ3) is 6.75. The van der Waals surface area contributed by atoms with Gasteiger partial charge >= 0.3 is 5.97 Å². The molecule has 0 N–H and O–H groups in total. The van der Waals surface area contributed by atoms with Crippen molar-refractivity contribution in [3.05, 3.63) is 94.5 Å². The van der Waals surface area contributed by atoms with Crippen LogP contribution in [0.3, 0.4) is 0 Å². The molecule has 0 radical (unpaired) electrons. The maximum absolute atomic E-state index is 16.2. The zero-order chi connectivity index (χ0) is 24.2. The molecule has 6 heteroatoms. The Morgan fingerprint density at radius 1 is 1.00 bits per heavy atom. The Bertz CT molecular complexity index is 1120. The van der Waals surface area contributed by atoms with E-state index in [1.54, 1.807) is 81.4 Å². The zero-order valence-corrected chi connectivity index (χ0v) is 20.8. The number of carbonyl (C=O) groups excluding carboxylic acids is 1. The van der Waals surface area contributed by atoms with E-state index in [2.05, 4.69) is 0 Å². The van der Waals surface area contributed by atoms with E-state index in [9.17, 15) is 9.00 Å². The molecule has 0 amide bonds. The first-order valence-corrected chi connectivity index (χ1v) is 12.3. The first kappa shape index (κ1) is 25.1. The van der Waals surface area contributed by atoms with Gasteiger partial charge in [0.25, 0.3) is 0 Å². The molecule has 0 aromatic heterocycles. The molecule has 0 saturated heterocycles. The lowest BCUT2D eigenvalue weighted by Gasteiger charge is -2.25. The van der Waals surface area contributed by atoms with Crippen LogP contribution in [-0.2, 0) is 20.3 Å². The van der Waals surface area contributed by atoms with E-state index >= 15 is 4.39 Å². The fraction of sp³-hybridized carbons (Fsp3) is 0.296. The van der Waals surface area contributed by atoms with Gasteiger partial charge < -0.3 is 4.74 Å². The second-order valence-corrected chi connectivity index (χ2v) is 10.9. The first-order chi connectivity index (χ1) is 15.5. The standard InChI is InChI=1S/C27H28ClFO3S/c1-18-9-15-21(16-10-18)33(31)24-8-6-5-7-22(24)26(29)23(17-25(30)32-27(2,3)4)19-11-13-20(28)14-12-19/h5-16,23,26H,17H2,1-4H3/t23-,26+,33+/m1/s1. The van der Waals surface area contributed by atoms with Gasteiger partial charge in [-0.3, -0.25) is 4.79 Å². The highest BCUT2D eigenvalue weighted by atomic mass is 35.5. The summed E-state index contributed by atoms with van der Waals surface area (Å²) in [5, 5.41) is 0.519. The van der Waals surface area contributed by atoms with Crippen LogP contribution in [-0.4, -0.2) is 15.8 Å². The van der Waals surface area contributed by atoms with Crippen molar-refractivity contribution in [2.75, 3.05) is 0 Å². The van der Waals surface area contributed by atoms with Gasteiger partial charge in [0, 0.05) is 26.3 Å². The smallest absolute Gasteiger partial charge is 0.307 e. The van der Waals surface area contributed by atoms with E-state index in [1.165, 1.54) is 0 Å². The van der Waals surface area contributed by atoms with Crippen molar-refractivity contribution in [2.24, 2.45) is 0 Å². The lowest BCUT2D eigenvalue weighted by atomic mass is 9.87. The molecule has 0 saturated carbocycles. The van der Waals surface area contributed by atoms with Gasteiger partial charge in [0.15, 0.2) is 0 Å². The number of alkyl halides is 1. The fourth-order valence-corrected chi connectivity index (χ4v) is 4.91. The van der Waals surface area contributed by atoms with E-state index in [0.717, 1.165) is 5.56 Å². The van der Waals surface area contributed by atoms with E-state index in [0.29, 0.717) is 25.9 Å². The van der Waals surface area contributed by atoms with Gasteiger partial charge in [0.1, 0.15) is 11.8 Å². The number of benzene rings is 3. The average molecular weight is 487 g/mol. The minimum atomic E-state index is -1.58. The van der Waals surface area contributed by atoms with Gasteiger partial charge in [-0.2, -0.15) is 0 Å². The quantitative estimate of drug-likeness (QED) is 0.328. The predicted molar refractivity (Wildman–Crippen MR) is 131 cm³/mol. The molecular weight excluding hydrogens is 459 g/mol. The van der Waals surface area contributed by atoms with Crippen LogP contribution in [0.25, 0.3) is 0 Å². The molecule has 174 valence electrons. The molecule has 0 heterocycles. The number of aryl methyl sites for hydroxylation is 1. The third-order valence-electron chi connectivity index (χ3n) is 5.11. The highest BCUT2D eigenvalue weighted by molar-refractivity contribution is 7.85. The molecule has 0 aliphatic rings. The summed E-state index contributed by atoms with van der Waals surface area (Å²) in [5.41, 5.74) is 1.28. The van der Waals surface area contributed by atoms with Crippen molar-refractivity contribution in [3.8, 4) is 0 Å². The molecular formula is C27H28ClFO3S. The highest BCUT2D eigenvalue weighted by Gasteiger charge is 2.31. The molecule has 3 rings (SSSR count). The molecule has 33 heavy (non-hydrogen) atoms. The second kappa shape index (κ2) is 10.6. The summed E-state index contributed by atoms with van der Waals surface area (Å²) in [4.78, 5) is 13.6. The van der Waals surface area contributed by atoms with Gasteiger partial charge in [-0.15, -0.1) is 0 Å². The summed E-state index contributed by atoms with van der Waals surface area (Å²) in [5.74, 6) is -1.32. The number of esters is 1. The number of hydrogen-bond acceptors (Lipinski definition) is 3. The number of rotatable bonds is 7. The SMILES string of the molecule is Cc1ccc([S@](=O)c2ccccc2[C@H](F)[C@H](CC(=O)OC(C)(C)C)c2ccc(Cl)cc2)cc1. The third-order valence-corrected chi connectivity index (χ3v) is 6.83. The normalized spacial score (nSPS) is 14.4. The number of ether oxygens (including phenoxy) is 1. The molecule has 0 aliphatic heterocycles. The van der Waals surface area contributed by atoms with Crippen LogP contribution in [0.2, 0.25) is 5.02 Å². The Labute approximate surface area is 202 Å². The molecule has 3 aromatic rings. The van der Waals surface area contributed by atoms with Gasteiger partial charge in [0.2, 0.25) is 0 Å². The van der Waals surface area contributed by atoms with Crippen LogP contribution >= 0.6 is 11.6 Å². The van der Waals surface area contributed by atoms with Crippen LogP contribution in [0.4, 0.5) is 4.39 Å². The summed E-state index contributed by atoms with van der Waals surface area (Å²) in [6.45, 7) is 7.27. The van der Waals surface area contributed by atoms with Crippen LogP contribution < -0.4 is 0 Å². The van der Waals surface area contributed by atoms with Crippen molar-refractivity contribution in [2.45, 2.75) is 61.6 Å². The first-order valence-electron chi connectivity index (χ1n) is 10.7. The Hall–Kier alpha value is -2.50. The summed E-state index contributed by atoms with van der Waals surface area (Å²) < 4.78 is 35.0. The topological polar surface area (TPSA) is 43.4 Å². The Kier molecular flexibility index (Phi) is 8.09. The molecule has 0 unspecified atom stereocenters. The second-order valence-electron chi connectivity index (χ2n) is 8.97. The van der Waals surface area contributed by atoms with Gasteiger partial charge in [-0.1, -0.05) is 59.6 Å². The van der Waals surface area contributed by atoms with E-state index in [4.69, 9.17) is 16.3 Å². The van der Waals surface area contributed by atoms with E-state index in [-0.39, 0.29) is 6.42 Å². The fourth-order valence-electron chi connectivity index (χ4n) is 3.55. The van der Waals surface area contributed by atoms with Crippen LogP contribution in [0.15, 0.2) is 82.6 Å². The maximum atomic E-state index is 16.2. The number of carbonyl (C=O) groups is 1. The van der Waals surface area contributed by atoms with Crippen molar-refractivity contribution >= 4 is 28.4 Å². The molecule has 3 atom stereocenters. The zero-order valence-electron chi connectivity index (χ0n) is 19.2. The molecule has 0 aliphatic carbocycles. The van der Waals surface area contributed by atoms with Crippen LogP contribution in [0.1, 0.15) is 56.0 Å². The Morgan fingerprint density at radius 3 is 2.21 bits per heavy atom. The lowest BCUT2D eigenvalue weighted by molar-refractivity contribution is -0.155. The van der Waals surface area contributed by atoms with Crippen molar-refractivity contribution in [1.82, 2.24) is 0 Å². The van der Waals surface area contributed by atoms with Crippen molar-refractivity contribution < 1.29 is 18.1 Å². The average Bonchev–Trinajstić information content (AvgIpc) is 2.76. The molecule has 3 nitrogen and oxygen atoms in total. The summed E-state index contributed by atoms with van der Waals surface area (Å²) >= 11 is 6.03. The largest absolute Gasteiger partial charge is 0.460 e. The van der Waals surface area contributed by atoms with Gasteiger partial charge in [0.05, 0.1) is 17.2 Å². The molecule has 0 fully saturated rings. The van der Waals surface area contributed by atoms with E-state index < -0.39 is 34.5 Å². The summed E-state index contributed by atoms with van der Waals surface area (Å²) in [7, 11) is -1.57. The van der Waals surface area contributed by atoms with Crippen molar-refractivity contribution in [1.29, 1.82) is 0 Å². The van der Waals surface area contributed by atoms with Gasteiger partial charge in [-0.25, -0.2) is 8.60 Å².